The molecular weight excluding hydrogens is 178 g/mol. The van der Waals surface area contributed by atoms with Gasteiger partial charge in [-0.15, -0.1) is 5.10 Å². The lowest BCUT2D eigenvalue weighted by atomic mass is 10.4. The first-order chi connectivity index (χ1) is 6.81. The molecule has 0 N–H and O–H groups in total. The summed E-state index contributed by atoms with van der Waals surface area (Å²) in [5.41, 5.74) is 0.840. The van der Waals surface area contributed by atoms with E-state index in [-0.39, 0.29) is 0 Å². The number of rotatable bonds is 1. The molecule has 5 heteroatoms. The fraction of sp³-hybridized carbons (Fsp3) is 0.111. The van der Waals surface area contributed by atoms with Gasteiger partial charge in [-0.05, 0) is 19.1 Å². The topological polar surface area (TPSA) is 67.4 Å². The Balaban J connectivity index is 2.50. The Kier molecular flexibility index (Phi) is 1.95. The minimum atomic E-state index is 0.308. The van der Waals surface area contributed by atoms with Crippen molar-refractivity contribution in [1.82, 2.24) is 19.7 Å². The molecule has 14 heavy (non-hydrogen) atoms. The Morgan fingerprint density at radius 3 is 2.86 bits per heavy atom. The van der Waals surface area contributed by atoms with Gasteiger partial charge in [-0.3, -0.25) is 4.57 Å². The van der Waals surface area contributed by atoms with E-state index in [2.05, 4.69) is 15.2 Å². The fourth-order valence-corrected chi connectivity index (χ4v) is 1.09. The van der Waals surface area contributed by atoms with Gasteiger partial charge < -0.3 is 0 Å². The molecule has 2 rings (SSSR count). The normalized spacial score (nSPS) is 9.71. The molecule has 0 radical (unpaired) electrons. The lowest BCUT2D eigenvalue weighted by Crippen LogP contribution is -2.01. The lowest BCUT2D eigenvalue weighted by Gasteiger charge is -2.00. The average Bonchev–Trinajstić information content (AvgIpc) is 2.67. The van der Waals surface area contributed by atoms with Gasteiger partial charge in [-0.25, -0.2) is 4.98 Å². The summed E-state index contributed by atoms with van der Waals surface area (Å²) in [5.74, 6) is 0.910. The molecule has 0 spiro atoms. The van der Waals surface area contributed by atoms with Gasteiger partial charge >= 0.3 is 0 Å². The molecule has 2 aromatic rings. The van der Waals surface area contributed by atoms with E-state index in [0.29, 0.717) is 11.6 Å². The molecule has 2 heterocycles. The quantitative estimate of drug-likeness (QED) is 0.660. The summed E-state index contributed by atoms with van der Waals surface area (Å²) >= 11 is 0. The first kappa shape index (κ1) is 8.38. The highest BCUT2D eigenvalue weighted by Gasteiger charge is 2.04. The van der Waals surface area contributed by atoms with Crippen molar-refractivity contribution in [3.8, 4) is 11.9 Å². The van der Waals surface area contributed by atoms with Crippen LogP contribution in [-0.2, 0) is 0 Å². The van der Waals surface area contributed by atoms with Gasteiger partial charge in [0.2, 0.25) is 5.82 Å². The monoisotopic (exact) mass is 185 g/mol. The smallest absolute Gasteiger partial charge is 0.218 e. The number of nitrogens with zero attached hydrogens (tertiary/aromatic N) is 5. The molecule has 0 bridgehead atoms. The van der Waals surface area contributed by atoms with Crippen molar-refractivity contribution in [2.75, 3.05) is 0 Å². The molecule has 2 aromatic heterocycles. The number of hydrogen-bond acceptors (Lipinski definition) is 4. The van der Waals surface area contributed by atoms with Crippen LogP contribution in [0.25, 0.3) is 5.82 Å². The highest BCUT2D eigenvalue weighted by molar-refractivity contribution is 5.28. The second-order valence-electron chi connectivity index (χ2n) is 2.77. The van der Waals surface area contributed by atoms with Crippen LogP contribution < -0.4 is 0 Å². The largest absolute Gasteiger partial charge is 0.274 e. The molecule has 0 saturated heterocycles. The van der Waals surface area contributed by atoms with Gasteiger partial charge in [0.15, 0.2) is 5.82 Å². The highest BCUT2D eigenvalue weighted by atomic mass is 15.2. The molecule has 0 aromatic carbocycles. The molecular formula is C9H7N5. The third kappa shape index (κ3) is 1.33. The highest BCUT2D eigenvalue weighted by Crippen LogP contribution is 2.05. The predicted molar refractivity (Wildman–Crippen MR) is 48.6 cm³/mol. The summed E-state index contributed by atoms with van der Waals surface area (Å²) in [5, 5.41) is 16.6. The zero-order valence-electron chi connectivity index (χ0n) is 7.55. The summed E-state index contributed by atoms with van der Waals surface area (Å²) in [4.78, 5) is 3.87. The van der Waals surface area contributed by atoms with Crippen molar-refractivity contribution in [2.24, 2.45) is 0 Å². The van der Waals surface area contributed by atoms with Crippen LogP contribution in [0.2, 0.25) is 0 Å². The molecule has 5 nitrogen and oxygen atoms in total. The third-order valence-electron chi connectivity index (χ3n) is 1.77. The standard InChI is InChI=1S/C9H7N5/c1-7-2-3-8(13-12-7)14-5-4-11-9(14)6-10/h2-5H,1H3. The number of nitriles is 1. The molecule has 68 valence electrons. The third-order valence-corrected chi connectivity index (χ3v) is 1.77. The van der Waals surface area contributed by atoms with Crippen LogP contribution in [-0.4, -0.2) is 19.7 Å². The molecule has 0 aliphatic carbocycles. The van der Waals surface area contributed by atoms with E-state index >= 15 is 0 Å². The van der Waals surface area contributed by atoms with E-state index in [1.807, 2.05) is 19.1 Å². The molecule has 0 amide bonds. The van der Waals surface area contributed by atoms with E-state index in [4.69, 9.17) is 5.26 Å². The van der Waals surface area contributed by atoms with Crippen molar-refractivity contribution >= 4 is 0 Å². The van der Waals surface area contributed by atoms with Crippen LogP contribution >= 0.6 is 0 Å². The molecule has 0 aliphatic heterocycles. The predicted octanol–water partition coefficient (Wildman–Crippen LogP) is 0.842. The van der Waals surface area contributed by atoms with E-state index in [9.17, 15) is 0 Å². The Morgan fingerprint density at radius 1 is 1.36 bits per heavy atom. The van der Waals surface area contributed by atoms with Crippen LogP contribution in [0, 0.1) is 18.3 Å². The Labute approximate surface area is 80.7 Å². The van der Waals surface area contributed by atoms with Crippen LogP contribution in [0.15, 0.2) is 24.5 Å². The van der Waals surface area contributed by atoms with E-state index < -0.39 is 0 Å². The van der Waals surface area contributed by atoms with Gasteiger partial charge in [0.1, 0.15) is 6.07 Å². The minimum Gasteiger partial charge on any atom is -0.274 e. The average molecular weight is 185 g/mol. The molecule has 0 fully saturated rings. The number of aryl methyl sites for hydroxylation is 1. The second kappa shape index (κ2) is 3.26. The van der Waals surface area contributed by atoms with Crippen molar-refractivity contribution < 1.29 is 0 Å². The maximum Gasteiger partial charge on any atom is 0.218 e. The van der Waals surface area contributed by atoms with E-state index in [1.54, 1.807) is 23.0 Å². The first-order valence-electron chi connectivity index (χ1n) is 4.05. The van der Waals surface area contributed by atoms with E-state index in [0.717, 1.165) is 5.69 Å². The van der Waals surface area contributed by atoms with Crippen molar-refractivity contribution in [2.45, 2.75) is 6.92 Å². The molecule has 0 unspecified atom stereocenters. The summed E-state index contributed by atoms with van der Waals surface area (Å²) < 4.78 is 1.59. The maximum atomic E-state index is 8.74. The van der Waals surface area contributed by atoms with Crippen molar-refractivity contribution in [3.05, 3.63) is 36.0 Å². The van der Waals surface area contributed by atoms with Crippen molar-refractivity contribution in [1.29, 1.82) is 5.26 Å². The summed E-state index contributed by atoms with van der Waals surface area (Å²) in [7, 11) is 0. The minimum absolute atomic E-state index is 0.308. The molecule has 0 saturated carbocycles. The summed E-state index contributed by atoms with van der Waals surface area (Å²) in [6.07, 6.45) is 3.23. The number of imidazole rings is 1. The van der Waals surface area contributed by atoms with Gasteiger partial charge in [0.05, 0.1) is 5.69 Å². The molecule has 0 aliphatic rings. The van der Waals surface area contributed by atoms with Crippen LogP contribution in [0.1, 0.15) is 11.5 Å². The Hall–Kier alpha value is -2.22. The molecule has 0 atom stereocenters. The zero-order chi connectivity index (χ0) is 9.97. The number of hydrogen-bond donors (Lipinski definition) is 0. The zero-order valence-corrected chi connectivity index (χ0v) is 7.55. The SMILES string of the molecule is Cc1ccc(-n2ccnc2C#N)nn1. The Morgan fingerprint density at radius 2 is 2.21 bits per heavy atom. The van der Waals surface area contributed by atoms with Gasteiger partial charge in [0.25, 0.3) is 0 Å². The van der Waals surface area contributed by atoms with Crippen LogP contribution in [0.3, 0.4) is 0 Å². The Bertz CT molecular complexity index is 477. The van der Waals surface area contributed by atoms with Crippen LogP contribution in [0.5, 0.6) is 0 Å². The van der Waals surface area contributed by atoms with Crippen LogP contribution in [0.4, 0.5) is 0 Å². The van der Waals surface area contributed by atoms with Gasteiger partial charge in [-0.2, -0.15) is 10.4 Å². The van der Waals surface area contributed by atoms with Crippen molar-refractivity contribution in [3.63, 3.8) is 0 Å². The number of aromatic nitrogens is 4. The fourth-order valence-electron chi connectivity index (χ4n) is 1.09. The first-order valence-corrected chi connectivity index (χ1v) is 4.05. The second-order valence-corrected chi connectivity index (χ2v) is 2.77. The van der Waals surface area contributed by atoms with E-state index in [1.165, 1.54) is 0 Å². The summed E-state index contributed by atoms with van der Waals surface area (Å²) in [6, 6.07) is 5.61. The summed E-state index contributed by atoms with van der Waals surface area (Å²) in [6.45, 7) is 1.86. The lowest BCUT2D eigenvalue weighted by molar-refractivity contribution is 0.881. The van der Waals surface area contributed by atoms with Gasteiger partial charge in [-0.1, -0.05) is 0 Å². The maximum absolute atomic E-state index is 8.74. The van der Waals surface area contributed by atoms with Gasteiger partial charge in [0, 0.05) is 12.4 Å².